The lowest BCUT2D eigenvalue weighted by molar-refractivity contribution is 0.102. The number of nitrogens with zero attached hydrogens (tertiary/aromatic N) is 2. The zero-order chi connectivity index (χ0) is 20.3. The van der Waals surface area contributed by atoms with Crippen LogP contribution in [0.1, 0.15) is 16.8 Å². The fraction of sp³-hybridized carbons (Fsp3) is 0.174. The number of hydrogen-bond acceptors (Lipinski definition) is 5. The average molecular weight is 399 g/mol. The third-order valence-corrected chi connectivity index (χ3v) is 5.11. The summed E-state index contributed by atoms with van der Waals surface area (Å²) in [5.74, 6) is 1.81. The summed E-state index contributed by atoms with van der Waals surface area (Å²) in [7, 11) is 0. The second kappa shape index (κ2) is 7.96. The van der Waals surface area contributed by atoms with Gasteiger partial charge in [0.15, 0.2) is 0 Å². The molecule has 1 fully saturated rings. The number of amides is 1. The molecule has 0 saturated carbocycles. The second-order valence-corrected chi connectivity index (χ2v) is 7.21. The van der Waals surface area contributed by atoms with Crippen LogP contribution in [0.3, 0.4) is 0 Å². The van der Waals surface area contributed by atoms with Gasteiger partial charge in [0.1, 0.15) is 29.0 Å². The van der Waals surface area contributed by atoms with Crippen molar-refractivity contribution in [3.8, 4) is 17.1 Å². The van der Waals surface area contributed by atoms with Crippen LogP contribution in [-0.4, -0.2) is 40.1 Å². The summed E-state index contributed by atoms with van der Waals surface area (Å²) in [6.07, 6.45) is 2.89. The molecule has 0 radical (unpaired) electrons. The van der Waals surface area contributed by atoms with Crippen molar-refractivity contribution in [1.29, 1.82) is 0 Å². The Morgan fingerprint density at radius 3 is 2.73 bits per heavy atom. The maximum Gasteiger partial charge on any atom is 0.259 e. The predicted octanol–water partition coefficient (Wildman–Crippen LogP) is 3.62. The monoisotopic (exact) mass is 399 g/mol. The molecule has 1 amide bonds. The van der Waals surface area contributed by atoms with Crippen molar-refractivity contribution in [2.24, 2.45) is 0 Å². The van der Waals surface area contributed by atoms with Crippen molar-refractivity contribution in [1.82, 2.24) is 20.3 Å². The molecule has 1 unspecified atom stereocenters. The molecule has 2 aromatic heterocycles. The number of benzene rings is 2. The molecular weight excluding hydrogens is 378 g/mol. The lowest BCUT2D eigenvalue weighted by Gasteiger charge is -2.12. The molecule has 1 saturated heterocycles. The van der Waals surface area contributed by atoms with E-state index in [1.54, 1.807) is 24.4 Å². The summed E-state index contributed by atoms with van der Waals surface area (Å²) in [4.78, 5) is 24.9. The van der Waals surface area contributed by atoms with Crippen molar-refractivity contribution in [3.63, 3.8) is 0 Å². The molecule has 7 nitrogen and oxygen atoms in total. The normalized spacial score (nSPS) is 15.9. The number of pyridine rings is 1. The number of hydrogen-bond donors (Lipinski definition) is 3. The van der Waals surface area contributed by atoms with Gasteiger partial charge in [-0.1, -0.05) is 12.1 Å². The first-order chi connectivity index (χ1) is 14.8. The Labute approximate surface area is 173 Å². The summed E-state index contributed by atoms with van der Waals surface area (Å²) in [5.41, 5.74) is 2.85. The minimum Gasteiger partial charge on any atom is -0.489 e. The number of aromatic amines is 1. The topological polar surface area (TPSA) is 91.9 Å². The van der Waals surface area contributed by atoms with E-state index in [1.807, 2.05) is 42.5 Å². The van der Waals surface area contributed by atoms with Crippen LogP contribution in [-0.2, 0) is 0 Å². The van der Waals surface area contributed by atoms with E-state index in [9.17, 15) is 4.79 Å². The van der Waals surface area contributed by atoms with E-state index in [0.717, 1.165) is 36.3 Å². The summed E-state index contributed by atoms with van der Waals surface area (Å²) in [6.45, 7) is 1.88. The van der Waals surface area contributed by atoms with Gasteiger partial charge in [-0.3, -0.25) is 4.79 Å². The fourth-order valence-corrected chi connectivity index (χ4v) is 3.59. The summed E-state index contributed by atoms with van der Waals surface area (Å²) >= 11 is 0. The fourth-order valence-electron chi connectivity index (χ4n) is 3.59. The number of aromatic nitrogens is 3. The van der Waals surface area contributed by atoms with Gasteiger partial charge in [0.2, 0.25) is 0 Å². The largest absolute Gasteiger partial charge is 0.489 e. The Kier molecular flexibility index (Phi) is 4.86. The third kappa shape index (κ3) is 3.75. The highest BCUT2D eigenvalue weighted by molar-refractivity contribution is 6.11. The lowest BCUT2D eigenvalue weighted by Crippen LogP contribution is -2.19. The molecule has 30 heavy (non-hydrogen) atoms. The molecule has 1 aliphatic heterocycles. The molecule has 0 spiro atoms. The number of nitrogens with one attached hydrogen (secondary N) is 3. The van der Waals surface area contributed by atoms with Gasteiger partial charge in [-0.25, -0.2) is 9.97 Å². The molecule has 4 aromatic rings. The Hall–Kier alpha value is -3.71. The van der Waals surface area contributed by atoms with Crippen LogP contribution in [0.4, 0.5) is 5.82 Å². The van der Waals surface area contributed by atoms with E-state index in [-0.39, 0.29) is 12.0 Å². The zero-order valence-corrected chi connectivity index (χ0v) is 16.3. The Balaban J connectivity index is 1.39. The molecule has 7 heteroatoms. The van der Waals surface area contributed by atoms with Crippen LogP contribution in [0, 0.1) is 0 Å². The summed E-state index contributed by atoms with van der Waals surface area (Å²) < 4.78 is 5.98. The third-order valence-electron chi connectivity index (χ3n) is 5.11. The van der Waals surface area contributed by atoms with Crippen LogP contribution in [0.15, 0.2) is 66.9 Å². The number of carbonyl (C=O) groups is 1. The Morgan fingerprint density at radius 1 is 1.07 bits per heavy atom. The SMILES string of the molecule is O=C(Nc1ccccn1)c1cccc2[nH]c(-c3ccc(OC4CCNC4)cc3)nc12. The van der Waals surface area contributed by atoms with Gasteiger partial charge in [0.25, 0.3) is 5.91 Å². The first-order valence-corrected chi connectivity index (χ1v) is 9.95. The molecule has 1 atom stereocenters. The molecule has 150 valence electrons. The van der Waals surface area contributed by atoms with Crippen molar-refractivity contribution in [2.75, 3.05) is 18.4 Å². The molecule has 1 aliphatic rings. The molecule has 3 N–H and O–H groups in total. The molecule has 5 rings (SSSR count). The quantitative estimate of drug-likeness (QED) is 0.477. The van der Waals surface area contributed by atoms with Gasteiger partial charge in [0.05, 0.1) is 11.1 Å². The van der Waals surface area contributed by atoms with Gasteiger partial charge in [0, 0.05) is 18.3 Å². The van der Waals surface area contributed by atoms with Gasteiger partial charge in [-0.05, 0) is 61.5 Å². The van der Waals surface area contributed by atoms with Gasteiger partial charge < -0.3 is 20.4 Å². The molecule has 3 heterocycles. The van der Waals surface area contributed by atoms with Crippen LogP contribution >= 0.6 is 0 Å². The minimum atomic E-state index is -0.244. The van der Waals surface area contributed by atoms with E-state index >= 15 is 0 Å². The first kappa shape index (κ1) is 18.3. The van der Waals surface area contributed by atoms with E-state index in [1.165, 1.54) is 0 Å². The Morgan fingerprint density at radius 2 is 1.97 bits per heavy atom. The van der Waals surface area contributed by atoms with Gasteiger partial charge >= 0.3 is 0 Å². The van der Waals surface area contributed by atoms with E-state index in [0.29, 0.717) is 22.7 Å². The highest BCUT2D eigenvalue weighted by Gasteiger charge is 2.17. The van der Waals surface area contributed by atoms with Crippen LogP contribution in [0.25, 0.3) is 22.4 Å². The smallest absolute Gasteiger partial charge is 0.259 e. The molecule has 2 aromatic carbocycles. The number of imidazole rings is 1. The lowest BCUT2D eigenvalue weighted by atomic mass is 10.1. The summed E-state index contributed by atoms with van der Waals surface area (Å²) in [5, 5.41) is 6.11. The highest BCUT2D eigenvalue weighted by atomic mass is 16.5. The molecule has 0 bridgehead atoms. The average Bonchev–Trinajstić information content (AvgIpc) is 3.44. The van der Waals surface area contributed by atoms with Crippen molar-refractivity contribution >= 4 is 22.8 Å². The van der Waals surface area contributed by atoms with Crippen molar-refractivity contribution in [2.45, 2.75) is 12.5 Å². The van der Waals surface area contributed by atoms with Crippen LogP contribution < -0.4 is 15.4 Å². The van der Waals surface area contributed by atoms with Crippen molar-refractivity contribution in [3.05, 3.63) is 72.4 Å². The number of anilines is 1. The second-order valence-electron chi connectivity index (χ2n) is 7.21. The van der Waals surface area contributed by atoms with Gasteiger partial charge in [-0.2, -0.15) is 0 Å². The maximum absolute atomic E-state index is 12.8. The van der Waals surface area contributed by atoms with Crippen molar-refractivity contribution < 1.29 is 9.53 Å². The number of ether oxygens (including phenoxy) is 1. The standard InChI is InChI=1S/C23H21N5O2/c29-23(27-20-6-1-2-12-25-20)18-4-3-5-19-21(18)28-22(26-19)15-7-9-16(10-8-15)30-17-11-13-24-14-17/h1-10,12,17,24H,11,13-14H2,(H,26,28)(H,25,27,29). The number of H-pyrrole nitrogens is 1. The minimum absolute atomic E-state index is 0.224. The van der Waals surface area contributed by atoms with Crippen LogP contribution in [0.5, 0.6) is 5.75 Å². The van der Waals surface area contributed by atoms with Crippen LogP contribution in [0.2, 0.25) is 0 Å². The number of para-hydroxylation sites is 1. The van der Waals surface area contributed by atoms with E-state index < -0.39 is 0 Å². The zero-order valence-electron chi connectivity index (χ0n) is 16.3. The highest BCUT2D eigenvalue weighted by Crippen LogP contribution is 2.26. The number of carbonyl (C=O) groups excluding carboxylic acids is 1. The Bertz CT molecular complexity index is 1170. The molecular formula is C23H21N5O2. The van der Waals surface area contributed by atoms with Gasteiger partial charge in [-0.15, -0.1) is 0 Å². The maximum atomic E-state index is 12.8. The predicted molar refractivity (Wildman–Crippen MR) is 116 cm³/mol. The first-order valence-electron chi connectivity index (χ1n) is 9.95. The summed E-state index contributed by atoms with van der Waals surface area (Å²) in [6, 6.07) is 18.7. The number of rotatable bonds is 5. The number of fused-ring (bicyclic) bond motifs is 1. The molecule has 0 aliphatic carbocycles. The van der Waals surface area contributed by atoms with E-state index in [4.69, 9.17) is 9.72 Å². The van der Waals surface area contributed by atoms with E-state index in [2.05, 4.69) is 20.6 Å².